The smallest absolute Gasteiger partial charge is 0.472 e. The number of ether oxygens (including phenoxy) is 2. The molecule has 11 nitrogen and oxygen atoms in total. The second-order valence-electron chi connectivity index (χ2n) is 17.3. The summed E-state index contributed by atoms with van der Waals surface area (Å²) in [5.74, 6) is -2.38. The van der Waals surface area contributed by atoms with Gasteiger partial charge in [0.2, 0.25) is 0 Å². The number of hydrogen-bond donors (Lipinski definition) is 3. The van der Waals surface area contributed by atoms with E-state index in [0.717, 1.165) is 64.2 Å². The third-order valence-electron chi connectivity index (χ3n) is 11.2. The highest BCUT2D eigenvalue weighted by Gasteiger charge is 2.28. The molecular weight excluding hydrogens is 806 g/mol. The number of esters is 2. The van der Waals surface area contributed by atoms with Crippen LogP contribution in [-0.2, 0) is 37.5 Å². The van der Waals surface area contributed by atoms with E-state index in [4.69, 9.17) is 24.8 Å². The molecule has 1 unspecified atom stereocenters. The zero-order valence-corrected chi connectivity index (χ0v) is 40.6. The van der Waals surface area contributed by atoms with Crippen molar-refractivity contribution in [3.63, 3.8) is 0 Å². The molecule has 3 atom stereocenters. The molecule has 0 radical (unpaired) electrons. The fraction of sp³-hybridized carbons (Fsp3) is 0.860. The minimum absolute atomic E-state index is 0.148. The summed E-state index contributed by atoms with van der Waals surface area (Å²) in [6.45, 7) is 2.80. The molecule has 0 heterocycles. The lowest BCUT2D eigenvalue weighted by molar-refractivity contribution is -0.161. The first kappa shape index (κ1) is 60.0. The van der Waals surface area contributed by atoms with Crippen LogP contribution in [-0.4, -0.2) is 59.9 Å². The highest BCUT2D eigenvalue weighted by molar-refractivity contribution is 7.47. The quantitative estimate of drug-likeness (QED) is 0.0230. The Morgan fingerprint density at radius 3 is 1.29 bits per heavy atom. The summed E-state index contributed by atoms with van der Waals surface area (Å²) in [6.07, 6.45) is 49.6. The Kier molecular flexibility index (Phi) is 44.0. The Bertz CT molecular complexity index is 1150. The Morgan fingerprint density at radius 2 is 0.855 bits per heavy atom. The number of aliphatic carboxylic acids is 1. The number of nitrogens with two attached hydrogens (primary N) is 1. The van der Waals surface area contributed by atoms with Crippen LogP contribution in [0.4, 0.5) is 0 Å². The highest BCUT2D eigenvalue weighted by Crippen LogP contribution is 2.43. The molecule has 364 valence electrons. The number of allylic oxidation sites excluding steroid dienone is 4. The van der Waals surface area contributed by atoms with Crippen molar-refractivity contribution in [3.8, 4) is 0 Å². The van der Waals surface area contributed by atoms with E-state index in [0.29, 0.717) is 12.8 Å². The SMILES string of the molecule is CCCCC/C=C\C/C=C\CCCCCCCC(=O)O[C@H](COC(=O)CCCCCCCCCCCCCCCCCCCCCCCCC)COP(=O)(O)OC[C@H](N)C(=O)O. The lowest BCUT2D eigenvalue weighted by Crippen LogP contribution is -2.34. The molecule has 0 fully saturated rings. The number of carbonyl (C=O) groups excluding carboxylic acids is 2. The second-order valence-corrected chi connectivity index (χ2v) is 18.8. The van der Waals surface area contributed by atoms with Crippen molar-refractivity contribution in [1.82, 2.24) is 0 Å². The van der Waals surface area contributed by atoms with E-state index in [1.165, 1.54) is 141 Å². The van der Waals surface area contributed by atoms with E-state index < -0.39 is 51.1 Å². The molecule has 0 bridgehead atoms. The van der Waals surface area contributed by atoms with Crippen molar-refractivity contribution >= 4 is 25.7 Å². The summed E-state index contributed by atoms with van der Waals surface area (Å²) >= 11 is 0. The fourth-order valence-electron chi connectivity index (χ4n) is 7.22. The van der Waals surface area contributed by atoms with Crippen LogP contribution in [0, 0.1) is 0 Å². The van der Waals surface area contributed by atoms with Gasteiger partial charge in [0.05, 0.1) is 13.2 Å². The minimum Gasteiger partial charge on any atom is -0.480 e. The molecule has 0 aliphatic carbocycles. The van der Waals surface area contributed by atoms with Gasteiger partial charge >= 0.3 is 25.7 Å². The van der Waals surface area contributed by atoms with Gasteiger partial charge in [0.25, 0.3) is 0 Å². The van der Waals surface area contributed by atoms with Gasteiger partial charge in [0, 0.05) is 12.8 Å². The van der Waals surface area contributed by atoms with Gasteiger partial charge in [-0.3, -0.25) is 23.4 Å². The largest absolute Gasteiger partial charge is 0.480 e. The number of carbonyl (C=O) groups is 3. The normalized spacial score (nSPS) is 13.7. The first-order valence-electron chi connectivity index (χ1n) is 25.4. The number of carboxylic acid groups (broad SMARTS) is 1. The minimum atomic E-state index is -4.72. The molecule has 0 saturated carbocycles. The van der Waals surface area contributed by atoms with Gasteiger partial charge in [0.15, 0.2) is 6.10 Å². The lowest BCUT2D eigenvalue weighted by atomic mass is 10.0. The molecule has 0 aliphatic rings. The van der Waals surface area contributed by atoms with Gasteiger partial charge in [-0.15, -0.1) is 0 Å². The molecule has 0 aliphatic heterocycles. The fourth-order valence-corrected chi connectivity index (χ4v) is 7.99. The van der Waals surface area contributed by atoms with Gasteiger partial charge in [-0.05, 0) is 44.9 Å². The summed E-state index contributed by atoms with van der Waals surface area (Å²) in [6, 6.07) is -1.52. The molecular formula is C50H94NO10P. The van der Waals surface area contributed by atoms with Crippen molar-refractivity contribution in [2.45, 2.75) is 257 Å². The third kappa shape index (κ3) is 44.6. The number of carboxylic acids is 1. The Labute approximate surface area is 379 Å². The van der Waals surface area contributed by atoms with Gasteiger partial charge in [-0.25, -0.2) is 4.57 Å². The molecule has 4 N–H and O–H groups in total. The zero-order chi connectivity index (χ0) is 45.6. The molecule has 0 aromatic rings. The van der Waals surface area contributed by atoms with Crippen LogP contribution in [0.25, 0.3) is 0 Å². The van der Waals surface area contributed by atoms with Gasteiger partial charge in [-0.2, -0.15) is 0 Å². The van der Waals surface area contributed by atoms with Gasteiger partial charge < -0.3 is 25.2 Å². The van der Waals surface area contributed by atoms with E-state index in [-0.39, 0.29) is 19.4 Å². The average molecular weight is 900 g/mol. The van der Waals surface area contributed by atoms with Crippen LogP contribution >= 0.6 is 7.82 Å². The summed E-state index contributed by atoms with van der Waals surface area (Å²) in [7, 11) is -4.72. The van der Waals surface area contributed by atoms with Crippen molar-refractivity contribution in [2.24, 2.45) is 5.73 Å². The summed E-state index contributed by atoms with van der Waals surface area (Å²) in [4.78, 5) is 46.1. The molecule has 0 aromatic carbocycles. The van der Waals surface area contributed by atoms with Crippen LogP contribution in [0.2, 0.25) is 0 Å². The summed E-state index contributed by atoms with van der Waals surface area (Å²) < 4.78 is 32.8. The molecule has 12 heteroatoms. The first-order valence-corrected chi connectivity index (χ1v) is 26.9. The first-order chi connectivity index (χ1) is 30.1. The molecule has 0 spiro atoms. The standard InChI is InChI=1S/C50H94NO10P/c1-3-5-7-9-11-13-15-17-19-20-21-22-23-24-25-26-28-29-31-33-35-37-39-41-48(52)58-43-46(44-59-62(56,57)60-45-47(51)50(54)55)61-49(53)42-40-38-36-34-32-30-27-18-16-14-12-10-8-6-4-2/h12,14,18,27,46-47H,3-11,13,15-17,19-26,28-45,51H2,1-2H3,(H,54,55)(H,56,57)/b14-12-,27-18-/t46-,47+/m1/s1. The topological polar surface area (TPSA) is 172 Å². The Hall–Kier alpha value is -2.04. The van der Waals surface area contributed by atoms with Crippen molar-refractivity contribution in [3.05, 3.63) is 24.3 Å². The number of phosphoric acid groups is 1. The van der Waals surface area contributed by atoms with E-state index in [2.05, 4.69) is 42.7 Å². The van der Waals surface area contributed by atoms with Crippen molar-refractivity contribution < 1.29 is 47.5 Å². The molecule has 62 heavy (non-hydrogen) atoms. The molecule has 0 amide bonds. The van der Waals surface area contributed by atoms with Crippen LogP contribution in [0.3, 0.4) is 0 Å². The second kappa shape index (κ2) is 45.5. The molecule has 0 saturated heterocycles. The molecule has 0 aromatic heterocycles. The predicted molar refractivity (Wildman–Crippen MR) is 254 cm³/mol. The zero-order valence-electron chi connectivity index (χ0n) is 39.7. The monoisotopic (exact) mass is 900 g/mol. The lowest BCUT2D eigenvalue weighted by Gasteiger charge is -2.20. The highest BCUT2D eigenvalue weighted by atomic mass is 31.2. The number of unbranched alkanes of at least 4 members (excludes halogenated alkanes) is 30. The van der Waals surface area contributed by atoms with E-state index in [9.17, 15) is 23.8 Å². The van der Waals surface area contributed by atoms with E-state index in [1.54, 1.807) is 0 Å². The number of hydrogen-bond acceptors (Lipinski definition) is 9. The number of phosphoric ester groups is 1. The van der Waals surface area contributed by atoms with Crippen molar-refractivity contribution in [2.75, 3.05) is 19.8 Å². The van der Waals surface area contributed by atoms with Crippen LogP contribution in [0.1, 0.15) is 245 Å². The van der Waals surface area contributed by atoms with E-state index in [1.807, 2.05) is 0 Å². The average Bonchev–Trinajstić information content (AvgIpc) is 3.25. The Morgan fingerprint density at radius 1 is 0.500 bits per heavy atom. The maximum atomic E-state index is 12.7. The van der Waals surface area contributed by atoms with Crippen molar-refractivity contribution in [1.29, 1.82) is 0 Å². The maximum Gasteiger partial charge on any atom is 0.472 e. The number of rotatable bonds is 48. The van der Waals surface area contributed by atoms with E-state index >= 15 is 0 Å². The summed E-state index contributed by atoms with van der Waals surface area (Å²) in [5, 5.41) is 8.91. The van der Waals surface area contributed by atoms with Gasteiger partial charge in [-0.1, -0.05) is 212 Å². The van der Waals surface area contributed by atoms with Crippen LogP contribution in [0.15, 0.2) is 24.3 Å². The van der Waals surface area contributed by atoms with Gasteiger partial charge in [0.1, 0.15) is 12.6 Å². The summed E-state index contributed by atoms with van der Waals surface area (Å²) in [5.41, 5.74) is 5.35. The van der Waals surface area contributed by atoms with Crippen LogP contribution in [0.5, 0.6) is 0 Å². The third-order valence-corrected chi connectivity index (χ3v) is 12.2. The molecule has 0 rings (SSSR count). The maximum absolute atomic E-state index is 12.7. The Balaban J connectivity index is 4.18. The predicted octanol–water partition coefficient (Wildman–Crippen LogP) is 14.2. The van der Waals surface area contributed by atoms with Crippen LogP contribution < -0.4 is 5.73 Å².